The van der Waals surface area contributed by atoms with Crippen LogP contribution in [0.2, 0.25) is 0 Å². The minimum absolute atomic E-state index is 0.0118. The standard InChI is InChI=1S/C28H40N4O3/c1-8-35-27(33)14-12-24-25(10-9-17-30(6)7)32-20-23(11-13-26(32)29-24)28(34)31(18-15-21(2)3)19-16-22(4)5/h11-14,20-22H,8,15-19H2,1-7H3/b14-12+. The van der Waals surface area contributed by atoms with E-state index in [0.29, 0.717) is 47.6 Å². The number of pyridine rings is 1. The molecule has 7 nitrogen and oxygen atoms in total. The van der Waals surface area contributed by atoms with Gasteiger partial charge in [0.25, 0.3) is 5.91 Å². The smallest absolute Gasteiger partial charge is 0.330 e. The third kappa shape index (κ3) is 8.88. The monoisotopic (exact) mass is 480 g/mol. The summed E-state index contributed by atoms with van der Waals surface area (Å²) < 4.78 is 6.83. The Kier molecular flexibility index (Phi) is 11.0. The van der Waals surface area contributed by atoms with Crippen LogP contribution >= 0.6 is 0 Å². The number of esters is 1. The molecule has 2 heterocycles. The highest BCUT2D eigenvalue weighted by molar-refractivity contribution is 5.94. The molecular weight excluding hydrogens is 440 g/mol. The molecule has 0 aliphatic carbocycles. The van der Waals surface area contributed by atoms with Crippen molar-refractivity contribution in [3.05, 3.63) is 41.4 Å². The van der Waals surface area contributed by atoms with Gasteiger partial charge >= 0.3 is 5.97 Å². The predicted molar refractivity (Wildman–Crippen MR) is 141 cm³/mol. The highest BCUT2D eigenvalue weighted by Gasteiger charge is 2.18. The van der Waals surface area contributed by atoms with Crippen molar-refractivity contribution in [1.82, 2.24) is 19.2 Å². The lowest BCUT2D eigenvalue weighted by Gasteiger charge is -2.24. The van der Waals surface area contributed by atoms with E-state index in [1.165, 1.54) is 6.08 Å². The summed E-state index contributed by atoms with van der Waals surface area (Å²) >= 11 is 0. The number of carbonyl (C=O) groups is 2. The van der Waals surface area contributed by atoms with Gasteiger partial charge in [0, 0.05) is 25.4 Å². The van der Waals surface area contributed by atoms with Crippen LogP contribution in [0.15, 0.2) is 24.4 Å². The Labute approximate surface area is 210 Å². The van der Waals surface area contributed by atoms with Gasteiger partial charge in [0.2, 0.25) is 0 Å². The molecule has 0 saturated heterocycles. The molecule has 0 spiro atoms. The molecule has 2 rings (SSSR count). The van der Waals surface area contributed by atoms with Crippen molar-refractivity contribution in [1.29, 1.82) is 0 Å². The van der Waals surface area contributed by atoms with Crippen LogP contribution in [0.5, 0.6) is 0 Å². The van der Waals surface area contributed by atoms with E-state index < -0.39 is 5.97 Å². The summed E-state index contributed by atoms with van der Waals surface area (Å²) in [5, 5.41) is 0. The fourth-order valence-corrected chi connectivity index (χ4v) is 3.37. The Morgan fingerprint density at radius 1 is 1.11 bits per heavy atom. The van der Waals surface area contributed by atoms with Crippen molar-refractivity contribution >= 4 is 23.6 Å². The molecule has 0 fully saturated rings. The Morgan fingerprint density at radius 2 is 1.77 bits per heavy atom. The topological polar surface area (TPSA) is 67.1 Å². The Balaban J connectivity index is 2.47. The number of ether oxygens (including phenoxy) is 1. The largest absolute Gasteiger partial charge is 0.463 e. The van der Waals surface area contributed by atoms with Gasteiger partial charge in [-0.3, -0.25) is 14.1 Å². The lowest BCUT2D eigenvalue weighted by molar-refractivity contribution is -0.137. The number of imidazole rings is 1. The van der Waals surface area contributed by atoms with E-state index in [9.17, 15) is 9.59 Å². The van der Waals surface area contributed by atoms with Crippen LogP contribution in [0.1, 0.15) is 69.2 Å². The van der Waals surface area contributed by atoms with E-state index in [0.717, 1.165) is 25.9 Å². The first-order valence-electron chi connectivity index (χ1n) is 12.4. The number of hydrogen-bond donors (Lipinski definition) is 0. The van der Waals surface area contributed by atoms with Gasteiger partial charge in [0.05, 0.1) is 24.4 Å². The molecule has 7 heteroatoms. The second-order valence-corrected chi connectivity index (χ2v) is 9.77. The van der Waals surface area contributed by atoms with Gasteiger partial charge in [-0.2, -0.15) is 0 Å². The van der Waals surface area contributed by atoms with Gasteiger partial charge in [0.15, 0.2) is 0 Å². The zero-order chi connectivity index (χ0) is 26.0. The van der Waals surface area contributed by atoms with Crippen LogP contribution in [0.3, 0.4) is 0 Å². The average molecular weight is 481 g/mol. The zero-order valence-corrected chi connectivity index (χ0v) is 22.3. The summed E-state index contributed by atoms with van der Waals surface area (Å²) in [6, 6.07) is 3.65. The fraction of sp³-hybridized carbons (Fsp3) is 0.536. The van der Waals surface area contributed by atoms with Gasteiger partial charge in [0.1, 0.15) is 11.3 Å². The van der Waals surface area contributed by atoms with E-state index in [1.807, 2.05) is 46.6 Å². The molecule has 2 aromatic rings. The third-order valence-corrected chi connectivity index (χ3v) is 5.40. The van der Waals surface area contributed by atoms with Crippen molar-refractivity contribution in [2.75, 3.05) is 40.3 Å². The van der Waals surface area contributed by atoms with Gasteiger partial charge in [-0.15, -0.1) is 0 Å². The third-order valence-electron chi connectivity index (χ3n) is 5.40. The van der Waals surface area contributed by atoms with Gasteiger partial charge in [-0.1, -0.05) is 33.6 Å². The first kappa shape index (κ1) is 28.1. The van der Waals surface area contributed by atoms with E-state index >= 15 is 0 Å². The second-order valence-electron chi connectivity index (χ2n) is 9.77. The molecule has 0 aromatic carbocycles. The lowest BCUT2D eigenvalue weighted by Crippen LogP contribution is -2.34. The van der Waals surface area contributed by atoms with Crippen LogP contribution in [0.25, 0.3) is 11.7 Å². The second kappa shape index (κ2) is 13.7. The van der Waals surface area contributed by atoms with Crippen LogP contribution in [-0.2, 0) is 9.53 Å². The predicted octanol–water partition coefficient (Wildman–Crippen LogP) is 4.36. The van der Waals surface area contributed by atoms with Gasteiger partial charge in [-0.25, -0.2) is 9.78 Å². The molecule has 0 bridgehead atoms. The number of fused-ring (bicyclic) bond motifs is 1. The first-order chi connectivity index (χ1) is 16.6. The molecular formula is C28H40N4O3. The summed E-state index contributed by atoms with van der Waals surface area (Å²) in [5.41, 5.74) is 2.45. The minimum Gasteiger partial charge on any atom is -0.463 e. The minimum atomic E-state index is -0.432. The van der Waals surface area contributed by atoms with E-state index in [4.69, 9.17) is 4.74 Å². The molecule has 0 N–H and O–H groups in total. The van der Waals surface area contributed by atoms with E-state index in [1.54, 1.807) is 13.0 Å². The lowest BCUT2D eigenvalue weighted by atomic mass is 10.1. The number of hydrogen-bond acceptors (Lipinski definition) is 5. The summed E-state index contributed by atoms with van der Waals surface area (Å²) in [6.07, 6.45) is 6.70. The van der Waals surface area contributed by atoms with Crippen LogP contribution < -0.4 is 0 Å². The average Bonchev–Trinajstić information content (AvgIpc) is 3.13. The molecule has 0 unspecified atom stereocenters. The quantitative estimate of drug-likeness (QED) is 0.272. The Morgan fingerprint density at radius 3 is 2.34 bits per heavy atom. The zero-order valence-electron chi connectivity index (χ0n) is 22.3. The van der Waals surface area contributed by atoms with E-state index in [2.05, 4.69) is 44.5 Å². The number of rotatable bonds is 11. The van der Waals surface area contributed by atoms with Crippen LogP contribution in [0.4, 0.5) is 0 Å². The van der Waals surface area contributed by atoms with Gasteiger partial charge in [-0.05, 0) is 69.8 Å². The number of amides is 1. The summed E-state index contributed by atoms with van der Waals surface area (Å²) in [6.45, 7) is 12.8. The van der Waals surface area contributed by atoms with Crippen LogP contribution in [0, 0.1) is 23.7 Å². The summed E-state index contributed by atoms with van der Waals surface area (Å²) in [7, 11) is 3.90. The Hall–Kier alpha value is -3.11. The van der Waals surface area contributed by atoms with E-state index in [-0.39, 0.29) is 5.91 Å². The van der Waals surface area contributed by atoms with Crippen molar-refractivity contribution in [3.8, 4) is 11.8 Å². The molecule has 2 aromatic heterocycles. The SMILES string of the molecule is CCOC(=O)/C=C/c1nc2ccc(C(=O)N(CCC(C)C)CCC(C)C)cn2c1C#CCN(C)C. The highest BCUT2D eigenvalue weighted by Crippen LogP contribution is 2.17. The maximum absolute atomic E-state index is 13.5. The van der Waals surface area contributed by atoms with Crippen molar-refractivity contribution < 1.29 is 14.3 Å². The number of aromatic nitrogens is 2. The molecule has 0 aliphatic heterocycles. The summed E-state index contributed by atoms with van der Waals surface area (Å²) in [4.78, 5) is 33.9. The molecule has 190 valence electrons. The Bertz CT molecular complexity index is 1070. The normalized spacial score (nSPS) is 11.5. The van der Waals surface area contributed by atoms with Crippen LogP contribution in [-0.4, -0.2) is 71.4 Å². The van der Waals surface area contributed by atoms with Crippen molar-refractivity contribution in [3.63, 3.8) is 0 Å². The molecule has 0 saturated carbocycles. The fourth-order valence-electron chi connectivity index (χ4n) is 3.37. The molecule has 1 amide bonds. The number of carbonyl (C=O) groups excluding carboxylic acids is 2. The maximum Gasteiger partial charge on any atom is 0.330 e. The first-order valence-corrected chi connectivity index (χ1v) is 12.4. The van der Waals surface area contributed by atoms with Crippen molar-refractivity contribution in [2.45, 2.75) is 47.5 Å². The molecule has 0 atom stereocenters. The maximum atomic E-state index is 13.5. The molecule has 0 aliphatic rings. The highest BCUT2D eigenvalue weighted by atomic mass is 16.5. The number of nitrogens with zero attached hydrogens (tertiary/aromatic N) is 4. The summed E-state index contributed by atoms with van der Waals surface area (Å²) in [5.74, 6) is 6.94. The molecule has 35 heavy (non-hydrogen) atoms. The van der Waals surface area contributed by atoms with Crippen molar-refractivity contribution in [2.24, 2.45) is 11.8 Å². The van der Waals surface area contributed by atoms with Gasteiger partial charge < -0.3 is 9.64 Å². The molecule has 0 radical (unpaired) electrons.